The molecule has 1 amide bonds. The van der Waals surface area contributed by atoms with Gasteiger partial charge >= 0.3 is 6.18 Å². The molecule has 5 nitrogen and oxygen atoms in total. The number of hydrogen-bond donors (Lipinski definition) is 2. The molecule has 0 unspecified atom stereocenters. The van der Waals surface area contributed by atoms with Gasteiger partial charge in [-0.05, 0) is 18.6 Å². The van der Waals surface area contributed by atoms with Gasteiger partial charge in [0.15, 0.2) is 5.96 Å². The van der Waals surface area contributed by atoms with E-state index in [0.29, 0.717) is 24.6 Å². The van der Waals surface area contributed by atoms with E-state index in [2.05, 4.69) is 15.6 Å². The molecular formula is C18H27F3N4O. The van der Waals surface area contributed by atoms with Crippen molar-refractivity contribution < 1.29 is 18.0 Å². The van der Waals surface area contributed by atoms with Crippen LogP contribution in [-0.4, -0.2) is 50.5 Å². The summed E-state index contributed by atoms with van der Waals surface area (Å²) in [6.45, 7) is 6.55. The van der Waals surface area contributed by atoms with E-state index in [4.69, 9.17) is 0 Å². The predicted octanol–water partition coefficient (Wildman–Crippen LogP) is 2.63. The zero-order valence-electron chi connectivity index (χ0n) is 15.9. The monoisotopic (exact) mass is 372 g/mol. The summed E-state index contributed by atoms with van der Waals surface area (Å²) in [6.07, 6.45) is -4.37. The predicted molar refractivity (Wildman–Crippen MR) is 97.1 cm³/mol. The lowest BCUT2D eigenvalue weighted by Gasteiger charge is -2.27. The topological polar surface area (TPSA) is 56.7 Å². The second kappa shape index (κ2) is 8.91. The molecule has 1 rings (SSSR count). The SMILES string of the molecule is CCNC(=NCC(=O)N(C)C)NCC(C)(C)c1cccc(C(F)(F)F)c1. The number of alkyl halides is 3. The Kier molecular flexibility index (Phi) is 7.47. The number of amides is 1. The third-order valence-corrected chi connectivity index (χ3v) is 3.88. The van der Waals surface area contributed by atoms with Crippen molar-refractivity contribution in [3.63, 3.8) is 0 Å². The van der Waals surface area contributed by atoms with E-state index >= 15 is 0 Å². The van der Waals surface area contributed by atoms with E-state index in [1.807, 2.05) is 20.8 Å². The fraction of sp³-hybridized carbons (Fsp3) is 0.556. The Morgan fingerprint density at radius 2 is 1.77 bits per heavy atom. The maximum absolute atomic E-state index is 12.9. The summed E-state index contributed by atoms with van der Waals surface area (Å²) in [5.74, 6) is 0.307. The van der Waals surface area contributed by atoms with Crippen LogP contribution < -0.4 is 10.6 Å². The van der Waals surface area contributed by atoms with Crippen LogP contribution in [0.4, 0.5) is 13.2 Å². The molecule has 1 aromatic carbocycles. The Balaban J connectivity index is 2.87. The summed E-state index contributed by atoms with van der Waals surface area (Å²) < 4.78 is 38.8. The number of benzene rings is 1. The average Bonchev–Trinajstić information content (AvgIpc) is 2.56. The summed E-state index contributed by atoms with van der Waals surface area (Å²) in [6, 6.07) is 5.32. The van der Waals surface area contributed by atoms with Gasteiger partial charge in [0, 0.05) is 32.6 Å². The van der Waals surface area contributed by atoms with Crippen molar-refractivity contribution in [3.05, 3.63) is 35.4 Å². The number of carbonyl (C=O) groups is 1. The molecule has 0 aliphatic heterocycles. The van der Waals surface area contributed by atoms with Crippen LogP contribution in [0.25, 0.3) is 0 Å². The minimum atomic E-state index is -4.37. The Labute approximate surface area is 152 Å². The van der Waals surface area contributed by atoms with Gasteiger partial charge < -0.3 is 15.5 Å². The minimum Gasteiger partial charge on any atom is -0.357 e. The van der Waals surface area contributed by atoms with Crippen LogP contribution >= 0.6 is 0 Å². The lowest BCUT2D eigenvalue weighted by molar-refractivity contribution is -0.137. The number of halogens is 3. The van der Waals surface area contributed by atoms with Crippen molar-refractivity contribution in [2.24, 2.45) is 4.99 Å². The first-order valence-electron chi connectivity index (χ1n) is 8.37. The van der Waals surface area contributed by atoms with Crippen LogP contribution in [0.1, 0.15) is 31.9 Å². The number of likely N-dealkylation sites (N-methyl/N-ethyl adjacent to an activating group) is 1. The summed E-state index contributed by atoms with van der Waals surface area (Å²) in [7, 11) is 3.30. The van der Waals surface area contributed by atoms with Crippen molar-refractivity contribution in [3.8, 4) is 0 Å². The maximum Gasteiger partial charge on any atom is 0.416 e. The van der Waals surface area contributed by atoms with Crippen molar-refractivity contribution in [1.29, 1.82) is 0 Å². The quantitative estimate of drug-likeness (QED) is 0.596. The number of rotatable bonds is 6. The first-order valence-corrected chi connectivity index (χ1v) is 8.37. The lowest BCUT2D eigenvalue weighted by atomic mass is 9.84. The maximum atomic E-state index is 12.9. The Morgan fingerprint density at radius 3 is 2.31 bits per heavy atom. The van der Waals surface area contributed by atoms with Crippen molar-refractivity contribution >= 4 is 11.9 Å². The van der Waals surface area contributed by atoms with E-state index < -0.39 is 17.2 Å². The fourth-order valence-corrected chi connectivity index (χ4v) is 2.15. The van der Waals surface area contributed by atoms with Gasteiger partial charge in [0.2, 0.25) is 5.91 Å². The molecule has 0 fully saturated rings. The van der Waals surface area contributed by atoms with Gasteiger partial charge in [-0.25, -0.2) is 4.99 Å². The van der Waals surface area contributed by atoms with E-state index in [1.54, 1.807) is 20.2 Å². The molecule has 2 N–H and O–H groups in total. The molecule has 0 aromatic heterocycles. The summed E-state index contributed by atoms with van der Waals surface area (Å²) in [5, 5.41) is 6.12. The highest BCUT2D eigenvalue weighted by Crippen LogP contribution is 2.32. The molecule has 146 valence electrons. The number of guanidine groups is 1. The molecule has 0 aliphatic rings. The Bertz CT molecular complexity index is 640. The molecule has 0 heterocycles. The molecule has 0 aliphatic carbocycles. The zero-order chi connectivity index (χ0) is 20.0. The molecule has 26 heavy (non-hydrogen) atoms. The summed E-state index contributed by atoms with van der Waals surface area (Å²) >= 11 is 0. The van der Waals surface area contributed by atoms with Gasteiger partial charge in [0.25, 0.3) is 0 Å². The van der Waals surface area contributed by atoms with Crippen molar-refractivity contribution in [1.82, 2.24) is 15.5 Å². The number of hydrogen-bond acceptors (Lipinski definition) is 2. The van der Waals surface area contributed by atoms with Gasteiger partial charge in [0.05, 0.1) is 5.56 Å². The largest absolute Gasteiger partial charge is 0.416 e. The molecule has 0 atom stereocenters. The van der Waals surface area contributed by atoms with Crippen molar-refractivity contribution in [2.75, 3.05) is 33.7 Å². The summed E-state index contributed by atoms with van der Waals surface area (Å²) in [4.78, 5) is 17.3. The average molecular weight is 372 g/mol. The molecule has 0 saturated carbocycles. The number of nitrogens with one attached hydrogen (secondary N) is 2. The lowest BCUT2D eigenvalue weighted by Crippen LogP contribution is -2.44. The highest BCUT2D eigenvalue weighted by atomic mass is 19.4. The van der Waals surface area contributed by atoms with Crippen molar-refractivity contribution in [2.45, 2.75) is 32.4 Å². The highest BCUT2D eigenvalue weighted by molar-refractivity contribution is 5.84. The van der Waals surface area contributed by atoms with E-state index in [0.717, 1.165) is 6.07 Å². The molecule has 1 aromatic rings. The second-order valence-electron chi connectivity index (χ2n) is 6.80. The molecule has 0 bridgehead atoms. The highest BCUT2D eigenvalue weighted by Gasteiger charge is 2.32. The first-order chi connectivity index (χ1) is 12.0. The smallest absolute Gasteiger partial charge is 0.357 e. The first kappa shape index (κ1) is 21.8. The molecule has 0 radical (unpaired) electrons. The third-order valence-electron chi connectivity index (χ3n) is 3.88. The van der Waals surface area contributed by atoms with Gasteiger partial charge in [-0.15, -0.1) is 0 Å². The molecule has 0 saturated heterocycles. The Hall–Kier alpha value is -2.25. The fourth-order valence-electron chi connectivity index (χ4n) is 2.15. The minimum absolute atomic E-state index is 0.00762. The van der Waals surface area contributed by atoms with Gasteiger partial charge in [-0.3, -0.25) is 4.79 Å². The normalized spacial score (nSPS) is 12.7. The molecule has 8 heteroatoms. The van der Waals surface area contributed by atoms with Gasteiger partial charge in [-0.1, -0.05) is 32.0 Å². The number of carbonyl (C=O) groups excluding carboxylic acids is 1. The standard InChI is InChI=1S/C18H27F3N4O/c1-6-22-16(23-11-15(26)25(4)5)24-12-17(2,3)13-8-7-9-14(10-13)18(19,20)21/h7-10H,6,11-12H2,1-5H3,(H2,22,23,24). The van der Waals surface area contributed by atoms with E-state index in [-0.39, 0.29) is 12.5 Å². The molecule has 0 spiro atoms. The van der Waals surface area contributed by atoms with E-state index in [9.17, 15) is 18.0 Å². The van der Waals surface area contributed by atoms with Crippen LogP contribution in [-0.2, 0) is 16.4 Å². The second-order valence-corrected chi connectivity index (χ2v) is 6.80. The number of aliphatic imine (C=N–C) groups is 1. The molecular weight excluding hydrogens is 345 g/mol. The Morgan fingerprint density at radius 1 is 1.15 bits per heavy atom. The van der Waals surface area contributed by atoms with E-state index in [1.165, 1.54) is 17.0 Å². The summed E-state index contributed by atoms with van der Waals surface area (Å²) in [5.41, 5.74) is -0.663. The number of nitrogens with zero attached hydrogens (tertiary/aromatic N) is 2. The van der Waals surface area contributed by atoms with Crippen LogP contribution in [0.5, 0.6) is 0 Å². The van der Waals surface area contributed by atoms with Crippen LogP contribution in [0.2, 0.25) is 0 Å². The van der Waals surface area contributed by atoms with Gasteiger partial charge in [0.1, 0.15) is 6.54 Å². The van der Waals surface area contributed by atoms with Crippen LogP contribution in [0, 0.1) is 0 Å². The van der Waals surface area contributed by atoms with Crippen LogP contribution in [0.3, 0.4) is 0 Å². The zero-order valence-corrected chi connectivity index (χ0v) is 15.9. The third kappa shape index (κ3) is 6.57. The van der Waals surface area contributed by atoms with Crippen LogP contribution in [0.15, 0.2) is 29.3 Å². The van der Waals surface area contributed by atoms with Gasteiger partial charge in [-0.2, -0.15) is 13.2 Å².